The van der Waals surface area contributed by atoms with Crippen LogP contribution in [0.5, 0.6) is 23.0 Å². The van der Waals surface area contributed by atoms with Crippen molar-refractivity contribution in [3.05, 3.63) is 113 Å². The van der Waals surface area contributed by atoms with Crippen LogP contribution < -0.4 is 19.5 Å². The number of amides is 1. The predicted octanol–water partition coefficient (Wildman–Crippen LogP) is 7.28. The van der Waals surface area contributed by atoms with E-state index in [0.717, 1.165) is 16.9 Å². The largest absolute Gasteiger partial charge is 0.496 e. The van der Waals surface area contributed by atoms with Gasteiger partial charge >= 0.3 is 0 Å². The molecule has 0 spiro atoms. The third-order valence-corrected chi connectivity index (χ3v) is 5.32. The lowest BCUT2D eigenvalue weighted by Gasteiger charge is -2.15. The number of nitrogens with one attached hydrogen (secondary N) is 1. The minimum absolute atomic E-state index is 0.257. The second kappa shape index (κ2) is 10.8. The molecule has 1 amide bonds. The van der Waals surface area contributed by atoms with Gasteiger partial charge in [-0.25, -0.2) is 0 Å². The SMILES string of the molecule is COc1ccc(C(=O)Nc2cc(Cl)ccc2Oc2ccccc2)cc1COc1cccc(C)c1. The highest BCUT2D eigenvalue weighted by Crippen LogP contribution is 2.32. The van der Waals surface area contributed by atoms with E-state index in [-0.39, 0.29) is 12.5 Å². The van der Waals surface area contributed by atoms with Gasteiger partial charge in [-0.2, -0.15) is 0 Å². The number of hydrogen-bond acceptors (Lipinski definition) is 4. The number of carbonyl (C=O) groups excluding carboxylic acids is 1. The highest BCUT2D eigenvalue weighted by Gasteiger charge is 2.14. The second-order valence-electron chi connectivity index (χ2n) is 7.64. The number of rotatable bonds is 8. The first kappa shape index (κ1) is 23.2. The van der Waals surface area contributed by atoms with E-state index in [0.29, 0.717) is 33.5 Å². The Morgan fingerprint density at radius 3 is 2.38 bits per heavy atom. The van der Waals surface area contributed by atoms with Gasteiger partial charge in [0.05, 0.1) is 12.8 Å². The van der Waals surface area contributed by atoms with Crippen LogP contribution in [0.25, 0.3) is 0 Å². The van der Waals surface area contributed by atoms with Crippen LogP contribution in [0.15, 0.2) is 91.0 Å². The van der Waals surface area contributed by atoms with Crippen LogP contribution in [0.1, 0.15) is 21.5 Å². The molecular formula is C28H24ClNO4. The van der Waals surface area contributed by atoms with Crippen molar-refractivity contribution < 1.29 is 19.0 Å². The van der Waals surface area contributed by atoms with Gasteiger partial charge in [-0.3, -0.25) is 4.79 Å². The summed E-state index contributed by atoms with van der Waals surface area (Å²) in [6.07, 6.45) is 0. The Balaban J connectivity index is 1.54. The van der Waals surface area contributed by atoms with Crippen LogP contribution in [0.3, 0.4) is 0 Å². The molecule has 0 fully saturated rings. The van der Waals surface area contributed by atoms with Crippen molar-refractivity contribution in [3.8, 4) is 23.0 Å². The Morgan fingerprint density at radius 2 is 1.62 bits per heavy atom. The van der Waals surface area contributed by atoms with Crippen molar-refractivity contribution in [1.82, 2.24) is 0 Å². The third kappa shape index (κ3) is 5.88. The van der Waals surface area contributed by atoms with Gasteiger partial charge in [-0.15, -0.1) is 0 Å². The molecule has 5 nitrogen and oxygen atoms in total. The lowest BCUT2D eigenvalue weighted by molar-refractivity contribution is 0.102. The molecule has 34 heavy (non-hydrogen) atoms. The van der Waals surface area contributed by atoms with Gasteiger partial charge in [0.1, 0.15) is 23.9 Å². The standard InChI is InChI=1S/C28H24ClNO4/c1-19-7-6-10-24(15-19)33-18-21-16-20(11-13-26(21)32-2)28(31)30-25-17-22(29)12-14-27(25)34-23-8-4-3-5-9-23/h3-17H,18H2,1-2H3,(H,30,31). The fourth-order valence-electron chi connectivity index (χ4n) is 3.40. The van der Waals surface area contributed by atoms with E-state index >= 15 is 0 Å². The minimum atomic E-state index is -0.306. The van der Waals surface area contributed by atoms with E-state index in [4.69, 9.17) is 25.8 Å². The smallest absolute Gasteiger partial charge is 0.255 e. The zero-order chi connectivity index (χ0) is 23.9. The zero-order valence-corrected chi connectivity index (χ0v) is 19.6. The van der Waals surface area contributed by atoms with Crippen molar-refractivity contribution in [2.75, 3.05) is 12.4 Å². The maximum absolute atomic E-state index is 13.1. The van der Waals surface area contributed by atoms with Gasteiger partial charge in [-0.05, 0) is 73.2 Å². The molecule has 0 aliphatic carbocycles. The lowest BCUT2D eigenvalue weighted by atomic mass is 10.1. The van der Waals surface area contributed by atoms with Crippen LogP contribution in [0, 0.1) is 6.92 Å². The Morgan fingerprint density at radius 1 is 0.853 bits per heavy atom. The van der Waals surface area contributed by atoms with Crippen LogP contribution in [-0.2, 0) is 6.61 Å². The molecule has 0 unspecified atom stereocenters. The van der Waals surface area contributed by atoms with E-state index in [1.54, 1.807) is 43.5 Å². The summed E-state index contributed by atoms with van der Waals surface area (Å²) in [5.74, 6) is 2.22. The number of para-hydroxylation sites is 1. The van der Waals surface area contributed by atoms with Crippen molar-refractivity contribution >= 4 is 23.2 Å². The van der Waals surface area contributed by atoms with E-state index in [9.17, 15) is 4.79 Å². The number of hydrogen-bond donors (Lipinski definition) is 1. The van der Waals surface area contributed by atoms with Gasteiger partial charge in [0.25, 0.3) is 5.91 Å². The Bertz CT molecular complexity index is 1290. The summed E-state index contributed by atoms with van der Waals surface area (Å²) in [4.78, 5) is 13.1. The van der Waals surface area contributed by atoms with E-state index in [1.807, 2.05) is 61.5 Å². The fraction of sp³-hybridized carbons (Fsp3) is 0.107. The first-order valence-corrected chi connectivity index (χ1v) is 11.1. The fourth-order valence-corrected chi connectivity index (χ4v) is 3.57. The normalized spacial score (nSPS) is 10.4. The Kier molecular flexibility index (Phi) is 7.35. The molecule has 4 rings (SSSR count). The van der Waals surface area contributed by atoms with Crippen LogP contribution in [0.4, 0.5) is 5.69 Å². The number of aryl methyl sites for hydroxylation is 1. The van der Waals surface area contributed by atoms with Crippen LogP contribution in [-0.4, -0.2) is 13.0 Å². The summed E-state index contributed by atoms with van der Waals surface area (Å²) in [7, 11) is 1.59. The summed E-state index contributed by atoms with van der Waals surface area (Å²) < 4.78 is 17.3. The Labute approximate surface area is 203 Å². The number of ether oxygens (including phenoxy) is 3. The molecule has 0 aliphatic heterocycles. The molecule has 0 saturated carbocycles. The highest BCUT2D eigenvalue weighted by atomic mass is 35.5. The van der Waals surface area contributed by atoms with Crippen LogP contribution >= 0.6 is 11.6 Å². The first-order chi connectivity index (χ1) is 16.5. The number of halogens is 1. The van der Waals surface area contributed by atoms with E-state index < -0.39 is 0 Å². The third-order valence-electron chi connectivity index (χ3n) is 5.09. The van der Waals surface area contributed by atoms with Gasteiger partial charge in [-0.1, -0.05) is 41.9 Å². The molecule has 1 N–H and O–H groups in total. The zero-order valence-electron chi connectivity index (χ0n) is 18.9. The number of methoxy groups -OCH3 is 1. The van der Waals surface area contributed by atoms with Crippen molar-refractivity contribution in [1.29, 1.82) is 0 Å². The highest BCUT2D eigenvalue weighted by molar-refractivity contribution is 6.31. The van der Waals surface area contributed by atoms with E-state index in [2.05, 4.69) is 5.32 Å². The molecule has 0 radical (unpaired) electrons. The average molecular weight is 474 g/mol. The molecule has 0 aliphatic rings. The quantitative estimate of drug-likeness (QED) is 0.292. The van der Waals surface area contributed by atoms with Crippen LogP contribution in [0.2, 0.25) is 5.02 Å². The molecule has 0 heterocycles. The number of carbonyl (C=O) groups is 1. The molecule has 0 aromatic heterocycles. The summed E-state index contributed by atoms with van der Waals surface area (Å²) >= 11 is 6.18. The molecule has 0 saturated heterocycles. The molecular weight excluding hydrogens is 450 g/mol. The molecule has 172 valence electrons. The molecule has 4 aromatic rings. The summed E-state index contributed by atoms with van der Waals surface area (Å²) in [6, 6.07) is 27.4. The maximum atomic E-state index is 13.1. The van der Waals surface area contributed by atoms with Gasteiger partial charge < -0.3 is 19.5 Å². The molecule has 0 bridgehead atoms. The van der Waals surface area contributed by atoms with Gasteiger partial charge in [0.2, 0.25) is 0 Å². The lowest BCUT2D eigenvalue weighted by Crippen LogP contribution is -2.13. The van der Waals surface area contributed by atoms with Crippen molar-refractivity contribution in [2.45, 2.75) is 13.5 Å². The first-order valence-electron chi connectivity index (χ1n) is 10.7. The number of benzene rings is 4. The predicted molar refractivity (Wildman–Crippen MR) is 134 cm³/mol. The van der Waals surface area contributed by atoms with Crippen molar-refractivity contribution in [3.63, 3.8) is 0 Å². The second-order valence-corrected chi connectivity index (χ2v) is 8.08. The Hall–Kier alpha value is -3.96. The summed E-state index contributed by atoms with van der Waals surface area (Å²) in [5.41, 5.74) is 2.78. The van der Waals surface area contributed by atoms with Crippen molar-refractivity contribution in [2.24, 2.45) is 0 Å². The monoisotopic (exact) mass is 473 g/mol. The summed E-state index contributed by atoms with van der Waals surface area (Å²) in [5, 5.41) is 3.39. The maximum Gasteiger partial charge on any atom is 0.255 e. The average Bonchev–Trinajstić information content (AvgIpc) is 2.85. The molecule has 0 atom stereocenters. The molecule has 4 aromatic carbocycles. The van der Waals surface area contributed by atoms with Gasteiger partial charge in [0, 0.05) is 16.1 Å². The summed E-state index contributed by atoms with van der Waals surface area (Å²) in [6.45, 7) is 2.26. The molecule has 6 heteroatoms. The van der Waals surface area contributed by atoms with Gasteiger partial charge in [0.15, 0.2) is 5.75 Å². The minimum Gasteiger partial charge on any atom is -0.496 e. The van der Waals surface area contributed by atoms with E-state index in [1.165, 1.54) is 0 Å². The topological polar surface area (TPSA) is 56.8 Å². The number of anilines is 1.